The van der Waals surface area contributed by atoms with Crippen LogP contribution in [0.2, 0.25) is 0 Å². The van der Waals surface area contributed by atoms with Gasteiger partial charge >= 0.3 is 0 Å². The van der Waals surface area contributed by atoms with E-state index in [0.717, 1.165) is 5.56 Å². The number of hydrogen-bond donors (Lipinski definition) is 1. The number of nitrogens with two attached hydrogens (primary N) is 1. The van der Waals surface area contributed by atoms with Crippen molar-refractivity contribution in [1.82, 2.24) is 9.78 Å². The van der Waals surface area contributed by atoms with E-state index in [1.54, 1.807) is 17.1 Å². The van der Waals surface area contributed by atoms with E-state index in [-0.39, 0.29) is 24.7 Å². The monoisotopic (exact) mass is 251 g/mol. The molecule has 5 heteroatoms. The van der Waals surface area contributed by atoms with Crippen LogP contribution in [0, 0.1) is 0 Å². The molecule has 1 heterocycles. The Hall–Kier alpha value is -1.65. The molecule has 0 atom stereocenters. The Kier molecular flexibility index (Phi) is 4.87. The fourth-order valence-electron chi connectivity index (χ4n) is 1.48. The van der Waals surface area contributed by atoms with Gasteiger partial charge in [0.15, 0.2) is 5.78 Å². The maximum absolute atomic E-state index is 11.3. The van der Waals surface area contributed by atoms with Crippen LogP contribution in [-0.4, -0.2) is 22.1 Å². The van der Waals surface area contributed by atoms with E-state index < -0.39 is 0 Å². The summed E-state index contributed by atoms with van der Waals surface area (Å²) in [4.78, 5) is 11.3. The number of Topliss-reactive ketones (excluding diaryl/α,β-unsaturated/α-hetero) is 1. The zero-order valence-corrected chi connectivity index (χ0v) is 10.1. The van der Waals surface area contributed by atoms with E-state index >= 15 is 0 Å². The quantitative estimate of drug-likeness (QED) is 0.838. The SMILES string of the molecule is Cl.NCC(=O)c1cnn(Cc2ccccc2)c1. The van der Waals surface area contributed by atoms with Crippen LogP contribution in [-0.2, 0) is 6.54 Å². The predicted molar refractivity (Wildman–Crippen MR) is 68.4 cm³/mol. The second-order valence-corrected chi connectivity index (χ2v) is 3.54. The Morgan fingerprint density at radius 3 is 2.65 bits per heavy atom. The second kappa shape index (κ2) is 6.18. The van der Waals surface area contributed by atoms with Crippen LogP contribution in [0.3, 0.4) is 0 Å². The summed E-state index contributed by atoms with van der Waals surface area (Å²) in [6.45, 7) is 0.690. The lowest BCUT2D eigenvalue weighted by Gasteiger charge is -2.00. The fourth-order valence-corrected chi connectivity index (χ4v) is 1.48. The number of halogens is 1. The molecule has 2 aromatic rings. The van der Waals surface area contributed by atoms with Gasteiger partial charge in [-0.3, -0.25) is 9.48 Å². The first kappa shape index (κ1) is 13.4. The van der Waals surface area contributed by atoms with Crippen molar-refractivity contribution < 1.29 is 4.79 Å². The molecule has 1 aromatic heterocycles. The zero-order chi connectivity index (χ0) is 11.4. The largest absolute Gasteiger partial charge is 0.324 e. The third kappa shape index (κ3) is 3.41. The van der Waals surface area contributed by atoms with Crippen molar-refractivity contribution in [2.24, 2.45) is 5.73 Å². The highest BCUT2D eigenvalue weighted by atomic mass is 35.5. The molecule has 0 bridgehead atoms. The fraction of sp³-hybridized carbons (Fsp3) is 0.167. The standard InChI is InChI=1S/C12H13N3O.ClH/c13-6-12(16)11-7-14-15(9-11)8-10-4-2-1-3-5-10;/h1-5,7,9H,6,8,13H2;1H. The minimum absolute atomic E-state index is 0. The molecule has 2 N–H and O–H groups in total. The number of carbonyl (C=O) groups excluding carboxylic acids is 1. The molecule has 0 fully saturated rings. The van der Waals surface area contributed by atoms with Gasteiger partial charge in [-0.2, -0.15) is 5.10 Å². The molecule has 0 unspecified atom stereocenters. The number of ketones is 1. The van der Waals surface area contributed by atoms with Crippen LogP contribution in [0.25, 0.3) is 0 Å². The summed E-state index contributed by atoms with van der Waals surface area (Å²) in [6, 6.07) is 9.96. The summed E-state index contributed by atoms with van der Waals surface area (Å²) in [5, 5.41) is 4.12. The number of carbonyl (C=O) groups is 1. The Morgan fingerprint density at radius 2 is 2.00 bits per heavy atom. The number of hydrogen-bond acceptors (Lipinski definition) is 3. The molecule has 90 valence electrons. The number of rotatable bonds is 4. The highest BCUT2D eigenvalue weighted by molar-refractivity contribution is 5.96. The van der Waals surface area contributed by atoms with Crippen molar-refractivity contribution in [2.45, 2.75) is 6.54 Å². The van der Waals surface area contributed by atoms with Crippen molar-refractivity contribution in [3.8, 4) is 0 Å². The Labute approximate surface area is 106 Å². The molecule has 0 saturated carbocycles. The van der Waals surface area contributed by atoms with Crippen LogP contribution in [0.15, 0.2) is 42.7 Å². The topological polar surface area (TPSA) is 60.9 Å². The first-order chi connectivity index (χ1) is 7.79. The van der Waals surface area contributed by atoms with Crippen LogP contribution in [0.1, 0.15) is 15.9 Å². The molecule has 0 aliphatic heterocycles. The molecular weight excluding hydrogens is 238 g/mol. The van der Waals surface area contributed by atoms with Crippen LogP contribution in [0.5, 0.6) is 0 Å². The van der Waals surface area contributed by atoms with Crippen LogP contribution >= 0.6 is 12.4 Å². The smallest absolute Gasteiger partial charge is 0.179 e. The second-order valence-electron chi connectivity index (χ2n) is 3.54. The molecule has 0 aliphatic carbocycles. The molecule has 1 aromatic carbocycles. The third-order valence-corrected chi connectivity index (χ3v) is 2.33. The first-order valence-electron chi connectivity index (χ1n) is 5.09. The van der Waals surface area contributed by atoms with Crippen molar-refractivity contribution in [3.05, 3.63) is 53.9 Å². The van der Waals surface area contributed by atoms with Gasteiger partial charge in [-0.05, 0) is 5.56 Å². The van der Waals surface area contributed by atoms with Crippen LogP contribution in [0.4, 0.5) is 0 Å². The molecule has 17 heavy (non-hydrogen) atoms. The van der Waals surface area contributed by atoms with E-state index in [1.165, 1.54) is 0 Å². The van der Waals surface area contributed by atoms with Crippen molar-refractivity contribution in [2.75, 3.05) is 6.54 Å². The number of aromatic nitrogens is 2. The molecular formula is C12H14ClN3O. The number of benzene rings is 1. The van der Waals surface area contributed by atoms with Gasteiger partial charge in [0.2, 0.25) is 0 Å². The van der Waals surface area contributed by atoms with E-state index in [0.29, 0.717) is 12.1 Å². The lowest BCUT2D eigenvalue weighted by molar-refractivity contribution is 0.100. The summed E-state index contributed by atoms with van der Waals surface area (Å²) in [5.74, 6) is -0.0840. The molecule has 0 saturated heterocycles. The highest BCUT2D eigenvalue weighted by Crippen LogP contribution is 2.04. The summed E-state index contributed by atoms with van der Waals surface area (Å²) in [5.41, 5.74) is 7.00. The van der Waals surface area contributed by atoms with Gasteiger partial charge in [0.1, 0.15) is 0 Å². The van der Waals surface area contributed by atoms with Gasteiger partial charge in [-0.25, -0.2) is 0 Å². The Morgan fingerprint density at radius 1 is 1.29 bits per heavy atom. The van der Waals surface area contributed by atoms with Gasteiger partial charge < -0.3 is 5.73 Å². The average Bonchev–Trinajstić information content (AvgIpc) is 2.78. The maximum Gasteiger partial charge on any atom is 0.179 e. The molecule has 0 aliphatic rings. The summed E-state index contributed by atoms with van der Waals surface area (Å²) in [6.07, 6.45) is 3.28. The minimum atomic E-state index is -0.0840. The first-order valence-corrected chi connectivity index (χ1v) is 5.09. The van der Waals surface area contributed by atoms with Gasteiger partial charge in [0.05, 0.1) is 24.8 Å². The third-order valence-electron chi connectivity index (χ3n) is 2.33. The molecule has 0 amide bonds. The number of nitrogens with zero attached hydrogens (tertiary/aromatic N) is 2. The summed E-state index contributed by atoms with van der Waals surface area (Å²) in [7, 11) is 0. The van der Waals surface area contributed by atoms with E-state index in [2.05, 4.69) is 5.10 Å². The normalized spacial score (nSPS) is 9.71. The predicted octanol–water partition coefficient (Wildman–Crippen LogP) is 1.49. The molecule has 4 nitrogen and oxygen atoms in total. The molecule has 0 spiro atoms. The maximum atomic E-state index is 11.3. The van der Waals surface area contributed by atoms with Crippen molar-refractivity contribution in [3.63, 3.8) is 0 Å². The van der Waals surface area contributed by atoms with Gasteiger partial charge in [-0.15, -0.1) is 12.4 Å². The van der Waals surface area contributed by atoms with E-state index in [1.807, 2.05) is 30.3 Å². The van der Waals surface area contributed by atoms with Crippen LogP contribution < -0.4 is 5.73 Å². The zero-order valence-electron chi connectivity index (χ0n) is 9.24. The van der Waals surface area contributed by atoms with Crippen molar-refractivity contribution >= 4 is 18.2 Å². The highest BCUT2D eigenvalue weighted by Gasteiger charge is 2.06. The minimum Gasteiger partial charge on any atom is -0.324 e. The van der Waals surface area contributed by atoms with E-state index in [9.17, 15) is 4.79 Å². The lowest BCUT2D eigenvalue weighted by atomic mass is 10.2. The van der Waals surface area contributed by atoms with Gasteiger partial charge in [-0.1, -0.05) is 30.3 Å². The average molecular weight is 252 g/mol. The van der Waals surface area contributed by atoms with E-state index in [4.69, 9.17) is 5.73 Å². The van der Waals surface area contributed by atoms with Gasteiger partial charge in [0, 0.05) is 6.20 Å². The summed E-state index contributed by atoms with van der Waals surface area (Å²) < 4.78 is 1.73. The van der Waals surface area contributed by atoms with Crippen molar-refractivity contribution in [1.29, 1.82) is 0 Å². The molecule has 0 radical (unpaired) electrons. The lowest BCUT2D eigenvalue weighted by Crippen LogP contribution is -2.12. The Balaban J connectivity index is 0.00000144. The summed E-state index contributed by atoms with van der Waals surface area (Å²) >= 11 is 0. The molecule has 2 rings (SSSR count). The Bertz CT molecular complexity index is 482. The van der Waals surface area contributed by atoms with Gasteiger partial charge in [0.25, 0.3) is 0 Å².